The lowest BCUT2D eigenvalue weighted by Crippen LogP contribution is -2.51. The van der Waals surface area contributed by atoms with E-state index in [1.807, 2.05) is 45.0 Å². The average Bonchev–Trinajstić information content (AvgIpc) is 2.91. The van der Waals surface area contributed by atoms with E-state index < -0.39 is 12.1 Å². The minimum atomic E-state index is -0.748. The molecule has 1 aliphatic heterocycles. The third-order valence-corrected chi connectivity index (χ3v) is 4.36. The Hall–Kier alpha value is -1.88. The molecule has 0 spiro atoms. The molecule has 0 unspecified atom stereocenters. The highest BCUT2D eigenvalue weighted by molar-refractivity contribution is 5.88. The van der Waals surface area contributed by atoms with E-state index in [4.69, 9.17) is 0 Å². The largest absolute Gasteiger partial charge is 0.387 e. The van der Waals surface area contributed by atoms with Crippen molar-refractivity contribution in [1.29, 1.82) is 0 Å². The Labute approximate surface area is 137 Å². The zero-order valence-corrected chi connectivity index (χ0v) is 14.1. The topological polar surface area (TPSA) is 69.6 Å². The van der Waals surface area contributed by atoms with Gasteiger partial charge in [0.05, 0.1) is 6.10 Å². The summed E-state index contributed by atoms with van der Waals surface area (Å²) < 4.78 is 0. The number of nitrogens with zero attached hydrogens (tertiary/aromatic N) is 1. The predicted octanol–water partition coefficient (Wildman–Crippen LogP) is 1.79. The van der Waals surface area contributed by atoms with Crippen molar-refractivity contribution >= 4 is 11.8 Å². The second-order valence-electron chi connectivity index (χ2n) is 6.50. The molecule has 1 aromatic rings. The molecule has 2 rings (SSSR count). The van der Waals surface area contributed by atoms with Crippen LogP contribution in [0.5, 0.6) is 0 Å². The highest BCUT2D eigenvalue weighted by Crippen LogP contribution is 2.20. The Morgan fingerprint density at radius 3 is 2.61 bits per heavy atom. The van der Waals surface area contributed by atoms with Crippen molar-refractivity contribution in [2.75, 3.05) is 13.1 Å². The predicted molar refractivity (Wildman–Crippen MR) is 88.7 cm³/mol. The number of aliphatic hydroxyl groups is 1. The molecule has 0 aromatic heterocycles. The Morgan fingerprint density at radius 2 is 2.04 bits per heavy atom. The van der Waals surface area contributed by atoms with Gasteiger partial charge in [-0.2, -0.15) is 0 Å². The monoisotopic (exact) mass is 318 g/mol. The summed E-state index contributed by atoms with van der Waals surface area (Å²) in [6, 6.07) is 7.11. The van der Waals surface area contributed by atoms with Gasteiger partial charge in [-0.3, -0.25) is 9.59 Å². The van der Waals surface area contributed by atoms with Crippen molar-refractivity contribution in [3.8, 4) is 0 Å². The molecule has 1 aromatic carbocycles. The molecule has 0 radical (unpaired) electrons. The molecule has 0 bridgehead atoms. The van der Waals surface area contributed by atoms with Crippen LogP contribution in [0.3, 0.4) is 0 Å². The van der Waals surface area contributed by atoms with Gasteiger partial charge in [-0.15, -0.1) is 0 Å². The number of hydrogen-bond acceptors (Lipinski definition) is 3. The zero-order valence-electron chi connectivity index (χ0n) is 14.1. The van der Waals surface area contributed by atoms with Crippen molar-refractivity contribution in [3.05, 3.63) is 35.4 Å². The van der Waals surface area contributed by atoms with E-state index in [1.165, 1.54) is 0 Å². The first-order chi connectivity index (χ1) is 10.9. The van der Waals surface area contributed by atoms with Crippen LogP contribution in [0.2, 0.25) is 0 Å². The maximum absolute atomic E-state index is 12.5. The fourth-order valence-electron chi connectivity index (χ4n) is 3.14. The Morgan fingerprint density at radius 1 is 1.35 bits per heavy atom. The van der Waals surface area contributed by atoms with Crippen molar-refractivity contribution in [2.24, 2.45) is 5.92 Å². The SMILES string of the molecule is Cc1ccccc1[C@H](O)CNC(=O)[C@H](C(C)C)N1CCCC1=O. The molecule has 126 valence electrons. The molecule has 1 saturated heterocycles. The molecule has 23 heavy (non-hydrogen) atoms. The summed E-state index contributed by atoms with van der Waals surface area (Å²) in [5, 5.41) is 13.1. The number of aryl methyl sites for hydroxylation is 1. The highest BCUT2D eigenvalue weighted by Gasteiger charge is 2.34. The minimum absolute atomic E-state index is 0.0349. The second kappa shape index (κ2) is 7.59. The van der Waals surface area contributed by atoms with Gasteiger partial charge in [0.2, 0.25) is 11.8 Å². The molecule has 1 heterocycles. The lowest BCUT2D eigenvalue weighted by Gasteiger charge is -2.30. The summed E-state index contributed by atoms with van der Waals surface area (Å²) in [7, 11) is 0. The van der Waals surface area contributed by atoms with Crippen LogP contribution in [-0.4, -0.2) is 41.0 Å². The normalized spacial score (nSPS) is 17.4. The van der Waals surface area contributed by atoms with Crippen LogP contribution >= 0.6 is 0 Å². The number of rotatable bonds is 6. The molecular weight excluding hydrogens is 292 g/mol. The van der Waals surface area contributed by atoms with E-state index >= 15 is 0 Å². The molecule has 1 fully saturated rings. The number of carbonyl (C=O) groups excluding carboxylic acids is 2. The number of likely N-dealkylation sites (tertiary alicyclic amines) is 1. The fraction of sp³-hybridized carbons (Fsp3) is 0.556. The van der Waals surface area contributed by atoms with Gasteiger partial charge in [0, 0.05) is 19.5 Å². The maximum Gasteiger partial charge on any atom is 0.243 e. The van der Waals surface area contributed by atoms with Crippen LogP contribution in [0, 0.1) is 12.8 Å². The Balaban J connectivity index is 1.99. The first kappa shape index (κ1) is 17.5. The average molecular weight is 318 g/mol. The van der Waals surface area contributed by atoms with Gasteiger partial charge in [0.15, 0.2) is 0 Å². The van der Waals surface area contributed by atoms with E-state index in [9.17, 15) is 14.7 Å². The van der Waals surface area contributed by atoms with Crippen LogP contribution in [0.25, 0.3) is 0 Å². The molecule has 2 atom stereocenters. The zero-order chi connectivity index (χ0) is 17.0. The van der Waals surface area contributed by atoms with Gasteiger partial charge in [-0.1, -0.05) is 38.1 Å². The Bertz CT molecular complexity index is 571. The number of hydrogen-bond donors (Lipinski definition) is 2. The molecular formula is C18H26N2O3. The van der Waals surface area contributed by atoms with Gasteiger partial charge >= 0.3 is 0 Å². The molecule has 2 N–H and O–H groups in total. The summed E-state index contributed by atoms with van der Waals surface area (Å²) >= 11 is 0. The van der Waals surface area contributed by atoms with E-state index in [-0.39, 0.29) is 24.3 Å². The van der Waals surface area contributed by atoms with Crippen LogP contribution in [-0.2, 0) is 9.59 Å². The number of aliphatic hydroxyl groups excluding tert-OH is 1. The molecule has 0 aliphatic carbocycles. The molecule has 5 heteroatoms. The summed E-state index contributed by atoms with van der Waals surface area (Å²) in [5.74, 6) is -0.117. The van der Waals surface area contributed by atoms with Gasteiger partial charge in [-0.05, 0) is 30.4 Å². The van der Waals surface area contributed by atoms with Crippen molar-refractivity contribution in [3.63, 3.8) is 0 Å². The van der Waals surface area contributed by atoms with Crippen LogP contribution < -0.4 is 5.32 Å². The van der Waals surface area contributed by atoms with Gasteiger partial charge < -0.3 is 15.3 Å². The van der Waals surface area contributed by atoms with E-state index in [2.05, 4.69) is 5.32 Å². The first-order valence-corrected chi connectivity index (χ1v) is 8.22. The van der Waals surface area contributed by atoms with E-state index in [1.54, 1.807) is 4.90 Å². The van der Waals surface area contributed by atoms with Crippen LogP contribution in [0.4, 0.5) is 0 Å². The molecule has 5 nitrogen and oxygen atoms in total. The summed E-state index contributed by atoms with van der Waals surface area (Å²) in [6.07, 6.45) is 0.575. The molecule has 2 amide bonds. The first-order valence-electron chi connectivity index (χ1n) is 8.22. The smallest absolute Gasteiger partial charge is 0.243 e. The van der Waals surface area contributed by atoms with E-state index in [0.717, 1.165) is 17.5 Å². The van der Waals surface area contributed by atoms with Gasteiger partial charge in [0.25, 0.3) is 0 Å². The van der Waals surface area contributed by atoms with Crippen LogP contribution in [0.15, 0.2) is 24.3 Å². The number of amides is 2. The second-order valence-corrected chi connectivity index (χ2v) is 6.50. The fourth-order valence-corrected chi connectivity index (χ4v) is 3.14. The van der Waals surface area contributed by atoms with Crippen molar-refractivity contribution in [2.45, 2.75) is 45.8 Å². The molecule has 0 saturated carbocycles. The van der Waals surface area contributed by atoms with E-state index in [0.29, 0.717) is 13.0 Å². The summed E-state index contributed by atoms with van der Waals surface area (Å²) in [4.78, 5) is 26.1. The highest BCUT2D eigenvalue weighted by atomic mass is 16.3. The Kier molecular flexibility index (Phi) is 5.77. The standard InChI is InChI=1S/C18H26N2O3/c1-12(2)17(20-10-6-9-16(20)22)18(23)19-11-15(21)14-8-5-4-7-13(14)3/h4-5,7-8,12,15,17,21H,6,9-11H2,1-3H3,(H,19,23)/t15-,17+/m1/s1. The minimum Gasteiger partial charge on any atom is -0.387 e. The summed E-state index contributed by atoms with van der Waals surface area (Å²) in [5.41, 5.74) is 1.80. The quantitative estimate of drug-likeness (QED) is 0.840. The lowest BCUT2D eigenvalue weighted by molar-refractivity contribution is -0.139. The number of nitrogens with one attached hydrogen (secondary N) is 1. The maximum atomic E-state index is 12.5. The van der Waals surface area contributed by atoms with Gasteiger partial charge in [0.1, 0.15) is 6.04 Å². The van der Waals surface area contributed by atoms with Crippen molar-refractivity contribution in [1.82, 2.24) is 10.2 Å². The third-order valence-electron chi connectivity index (χ3n) is 4.36. The van der Waals surface area contributed by atoms with Crippen LogP contribution in [0.1, 0.15) is 43.9 Å². The third kappa shape index (κ3) is 4.10. The molecule has 1 aliphatic rings. The number of carbonyl (C=O) groups is 2. The summed E-state index contributed by atoms with van der Waals surface area (Å²) in [6.45, 7) is 6.59. The number of benzene rings is 1. The lowest BCUT2D eigenvalue weighted by atomic mass is 10.0. The van der Waals surface area contributed by atoms with Gasteiger partial charge in [-0.25, -0.2) is 0 Å². The van der Waals surface area contributed by atoms with Crippen molar-refractivity contribution < 1.29 is 14.7 Å².